The van der Waals surface area contributed by atoms with E-state index in [4.69, 9.17) is 5.73 Å². The van der Waals surface area contributed by atoms with Crippen LogP contribution in [0, 0.1) is 5.92 Å². The molecule has 0 spiro atoms. The van der Waals surface area contributed by atoms with Crippen molar-refractivity contribution in [2.45, 2.75) is 46.3 Å². The zero-order valence-corrected chi connectivity index (χ0v) is 9.43. The Balaban J connectivity index is 3.40. The van der Waals surface area contributed by atoms with Crippen LogP contribution in [-0.4, -0.2) is 25.3 Å². The Morgan fingerprint density at radius 2 is 1.77 bits per heavy atom. The molecule has 3 nitrogen and oxygen atoms in total. The first-order valence-corrected chi connectivity index (χ1v) is 5.30. The zero-order chi connectivity index (χ0) is 10.3. The Labute approximate surface area is 82.5 Å². The van der Waals surface area contributed by atoms with Gasteiger partial charge in [0.15, 0.2) is 0 Å². The van der Waals surface area contributed by atoms with E-state index in [1.807, 2.05) is 0 Å². The van der Waals surface area contributed by atoms with Gasteiger partial charge < -0.3 is 16.4 Å². The molecule has 0 aromatic rings. The fourth-order valence-corrected chi connectivity index (χ4v) is 1.01. The number of hydrogen-bond acceptors (Lipinski definition) is 3. The summed E-state index contributed by atoms with van der Waals surface area (Å²) in [6.45, 7) is 10.6. The highest BCUT2D eigenvalue weighted by Gasteiger charge is 2.07. The van der Waals surface area contributed by atoms with E-state index in [0.717, 1.165) is 13.1 Å². The summed E-state index contributed by atoms with van der Waals surface area (Å²) in [5, 5.41) is 6.71. The Morgan fingerprint density at radius 1 is 1.15 bits per heavy atom. The van der Waals surface area contributed by atoms with Crippen LogP contribution in [-0.2, 0) is 0 Å². The SMILES string of the molecule is CCCNC(C)CNC(N)C(C)C. The van der Waals surface area contributed by atoms with Crippen molar-refractivity contribution in [3.05, 3.63) is 0 Å². The summed E-state index contributed by atoms with van der Waals surface area (Å²) in [5.74, 6) is 0.498. The molecule has 0 aliphatic carbocycles. The second-order valence-corrected chi connectivity index (χ2v) is 4.03. The molecule has 0 amide bonds. The number of rotatable bonds is 7. The van der Waals surface area contributed by atoms with Gasteiger partial charge in [0.25, 0.3) is 0 Å². The molecule has 2 unspecified atom stereocenters. The standard InChI is InChI=1S/C10H25N3/c1-5-6-12-9(4)7-13-10(11)8(2)3/h8-10,12-13H,5-7,11H2,1-4H3. The maximum Gasteiger partial charge on any atom is 0.0570 e. The van der Waals surface area contributed by atoms with Crippen molar-refractivity contribution in [1.82, 2.24) is 10.6 Å². The van der Waals surface area contributed by atoms with Crippen molar-refractivity contribution in [3.8, 4) is 0 Å². The monoisotopic (exact) mass is 187 g/mol. The molecule has 0 heterocycles. The predicted octanol–water partition coefficient (Wildman–Crippen LogP) is 0.905. The van der Waals surface area contributed by atoms with Crippen LogP contribution >= 0.6 is 0 Å². The van der Waals surface area contributed by atoms with Crippen molar-refractivity contribution in [1.29, 1.82) is 0 Å². The maximum absolute atomic E-state index is 5.85. The van der Waals surface area contributed by atoms with Crippen LogP contribution < -0.4 is 16.4 Å². The number of nitrogens with two attached hydrogens (primary N) is 1. The molecule has 0 aliphatic heterocycles. The van der Waals surface area contributed by atoms with Gasteiger partial charge in [0.2, 0.25) is 0 Å². The first-order valence-electron chi connectivity index (χ1n) is 5.30. The summed E-state index contributed by atoms with van der Waals surface area (Å²) >= 11 is 0. The van der Waals surface area contributed by atoms with Crippen LogP contribution in [0.15, 0.2) is 0 Å². The van der Waals surface area contributed by atoms with E-state index in [1.165, 1.54) is 6.42 Å². The van der Waals surface area contributed by atoms with E-state index >= 15 is 0 Å². The molecule has 3 heteroatoms. The van der Waals surface area contributed by atoms with Crippen LogP contribution in [0.4, 0.5) is 0 Å². The fourth-order valence-electron chi connectivity index (χ4n) is 1.01. The summed E-state index contributed by atoms with van der Waals surface area (Å²) in [7, 11) is 0. The van der Waals surface area contributed by atoms with Crippen LogP contribution in [0.2, 0.25) is 0 Å². The second kappa shape index (κ2) is 7.30. The van der Waals surface area contributed by atoms with Crippen molar-refractivity contribution in [3.63, 3.8) is 0 Å². The summed E-state index contributed by atoms with van der Waals surface area (Å²) in [6.07, 6.45) is 1.30. The molecule has 0 aromatic carbocycles. The molecule has 80 valence electrons. The van der Waals surface area contributed by atoms with E-state index in [0.29, 0.717) is 12.0 Å². The van der Waals surface area contributed by atoms with E-state index in [9.17, 15) is 0 Å². The highest BCUT2D eigenvalue weighted by molar-refractivity contribution is 4.68. The highest BCUT2D eigenvalue weighted by Crippen LogP contribution is 1.94. The summed E-state index contributed by atoms with van der Waals surface area (Å²) < 4.78 is 0. The van der Waals surface area contributed by atoms with Crippen molar-refractivity contribution < 1.29 is 0 Å². The molecule has 4 N–H and O–H groups in total. The Kier molecular flexibility index (Phi) is 7.23. The first-order chi connectivity index (χ1) is 6.07. The van der Waals surface area contributed by atoms with Gasteiger partial charge in [-0.25, -0.2) is 0 Å². The van der Waals surface area contributed by atoms with Gasteiger partial charge in [0.1, 0.15) is 0 Å². The van der Waals surface area contributed by atoms with Gasteiger partial charge in [0.05, 0.1) is 6.17 Å². The first kappa shape index (κ1) is 12.9. The lowest BCUT2D eigenvalue weighted by Crippen LogP contribution is -2.47. The van der Waals surface area contributed by atoms with Gasteiger partial charge in [-0.05, 0) is 25.8 Å². The molecule has 0 saturated heterocycles. The average Bonchev–Trinajstić information content (AvgIpc) is 2.10. The van der Waals surface area contributed by atoms with Crippen LogP contribution in [0.3, 0.4) is 0 Å². The summed E-state index contributed by atoms with van der Waals surface area (Å²) in [6, 6.07) is 0.504. The third-order valence-corrected chi connectivity index (χ3v) is 2.12. The third kappa shape index (κ3) is 6.99. The van der Waals surface area contributed by atoms with Crippen LogP contribution in [0.1, 0.15) is 34.1 Å². The normalized spacial score (nSPS) is 16.2. The molecule has 13 heavy (non-hydrogen) atoms. The third-order valence-electron chi connectivity index (χ3n) is 2.12. The molecule has 0 bridgehead atoms. The minimum atomic E-state index is 0.117. The van der Waals surface area contributed by atoms with Crippen LogP contribution in [0.25, 0.3) is 0 Å². The largest absolute Gasteiger partial charge is 0.316 e. The van der Waals surface area contributed by atoms with Gasteiger partial charge in [-0.2, -0.15) is 0 Å². The molecule has 2 atom stereocenters. The molecule has 0 saturated carbocycles. The van der Waals surface area contributed by atoms with Crippen molar-refractivity contribution in [2.24, 2.45) is 11.7 Å². The lowest BCUT2D eigenvalue weighted by molar-refractivity contribution is 0.383. The molecule has 0 radical (unpaired) electrons. The number of nitrogens with one attached hydrogen (secondary N) is 2. The van der Waals surface area contributed by atoms with Crippen molar-refractivity contribution >= 4 is 0 Å². The topological polar surface area (TPSA) is 50.1 Å². The highest BCUT2D eigenvalue weighted by atomic mass is 15.1. The molecule has 0 rings (SSSR count). The van der Waals surface area contributed by atoms with Gasteiger partial charge in [-0.15, -0.1) is 0 Å². The maximum atomic E-state index is 5.85. The average molecular weight is 187 g/mol. The Hall–Kier alpha value is -0.120. The summed E-state index contributed by atoms with van der Waals surface area (Å²) in [4.78, 5) is 0. The van der Waals surface area contributed by atoms with Crippen LogP contribution in [0.5, 0.6) is 0 Å². The van der Waals surface area contributed by atoms with Gasteiger partial charge in [0, 0.05) is 12.6 Å². The van der Waals surface area contributed by atoms with Crippen molar-refractivity contribution in [2.75, 3.05) is 13.1 Å². The van der Waals surface area contributed by atoms with Gasteiger partial charge >= 0.3 is 0 Å². The minimum absolute atomic E-state index is 0.117. The molecular weight excluding hydrogens is 162 g/mol. The quantitative estimate of drug-likeness (QED) is 0.519. The molecule has 0 aromatic heterocycles. The molecule has 0 aliphatic rings. The lowest BCUT2D eigenvalue weighted by atomic mass is 10.1. The molecule has 0 fully saturated rings. The smallest absolute Gasteiger partial charge is 0.0570 e. The van der Waals surface area contributed by atoms with E-state index in [2.05, 4.69) is 38.3 Å². The van der Waals surface area contributed by atoms with E-state index in [1.54, 1.807) is 0 Å². The predicted molar refractivity (Wildman–Crippen MR) is 58.6 cm³/mol. The second-order valence-electron chi connectivity index (χ2n) is 4.03. The van der Waals surface area contributed by atoms with E-state index in [-0.39, 0.29) is 6.17 Å². The zero-order valence-electron chi connectivity index (χ0n) is 9.43. The lowest BCUT2D eigenvalue weighted by Gasteiger charge is -2.21. The van der Waals surface area contributed by atoms with Gasteiger partial charge in [-0.3, -0.25) is 0 Å². The van der Waals surface area contributed by atoms with Gasteiger partial charge in [-0.1, -0.05) is 20.8 Å². The van der Waals surface area contributed by atoms with E-state index < -0.39 is 0 Å². The Morgan fingerprint density at radius 3 is 2.23 bits per heavy atom. The fraction of sp³-hybridized carbons (Fsp3) is 1.00. The minimum Gasteiger partial charge on any atom is -0.316 e. The summed E-state index contributed by atoms with van der Waals surface area (Å²) in [5.41, 5.74) is 5.85. The molecular formula is C10H25N3. The number of hydrogen-bond donors (Lipinski definition) is 3. The Bertz CT molecular complexity index is 115.